The van der Waals surface area contributed by atoms with Crippen LogP contribution in [0.4, 0.5) is 13.2 Å². The Morgan fingerprint density at radius 2 is 1.89 bits per heavy atom. The highest BCUT2D eigenvalue weighted by atomic mass is 19.4. The summed E-state index contributed by atoms with van der Waals surface area (Å²) in [5.74, 6) is -2.29. The summed E-state index contributed by atoms with van der Waals surface area (Å²) in [5, 5.41) is 12.6. The van der Waals surface area contributed by atoms with Gasteiger partial charge in [-0.15, -0.1) is 0 Å². The molecular weight excluding hydrogens is 363 g/mol. The zero-order valence-corrected chi connectivity index (χ0v) is 15.5. The zero-order valence-electron chi connectivity index (χ0n) is 15.5. The lowest BCUT2D eigenvalue weighted by molar-refractivity contribution is -0.163. The summed E-state index contributed by atoms with van der Waals surface area (Å²) < 4.78 is 43.6. The number of hydrogen-bond donors (Lipinski definition) is 2. The molecule has 1 aliphatic carbocycles. The molecule has 1 aliphatic rings. The van der Waals surface area contributed by atoms with Crippen LogP contribution in [0, 0.1) is 11.8 Å². The summed E-state index contributed by atoms with van der Waals surface area (Å²) >= 11 is 0. The van der Waals surface area contributed by atoms with Crippen LogP contribution in [0.5, 0.6) is 0 Å². The van der Waals surface area contributed by atoms with E-state index in [1.165, 1.54) is 12.1 Å². The maximum atomic E-state index is 12.8. The molecule has 5 nitrogen and oxygen atoms in total. The number of ether oxygens (including phenoxy) is 1. The minimum Gasteiger partial charge on any atom is -0.459 e. The van der Waals surface area contributed by atoms with Crippen molar-refractivity contribution in [1.29, 1.82) is 0 Å². The van der Waals surface area contributed by atoms with E-state index < -0.39 is 41.2 Å². The monoisotopic (exact) mass is 387 g/mol. The second-order valence-electron chi connectivity index (χ2n) is 7.73. The molecule has 0 aromatic heterocycles. The molecule has 1 saturated carbocycles. The number of amides is 1. The number of hydrogen-bond acceptors (Lipinski definition) is 4. The van der Waals surface area contributed by atoms with Crippen LogP contribution in [0.1, 0.15) is 50.8 Å². The predicted molar refractivity (Wildman–Crippen MR) is 91.5 cm³/mol. The SMILES string of the molecule is CC(C)(C)OC(=O)C(C(=O)NCC(O)c1cccc(C(F)(F)F)c1)C1CC1. The van der Waals surface area contributed by atoms with Gasteiger partial charge in [0, 0.05) is 6.54 Å². The molecule has 1 fully saturated rings. The minimum atomic E-state index is -4.52. The molecule has 0 saturated heterocycles. The summed E-state index contributed by atoms with van der Waals surface area (Å²) in [6.45, 7) is 4.80. The van der Waals surface area contributed by atoms with Gasteiger partial charge < -0.3 is 15.2 Å². The smallest absolute Gasteiger partial charge is 0.416 e. The maximum Gasteiger partial charge on any atom is 0.416 e. The number of alkyl halides is 3. The summed E-state index contributed by atoms with van der Waals surface area (Å²) in [4.78, 5) is 24.7. The lowest BCUT2D eigenvalue weighted by Gasteiger charge is -2.24. The number of carbonyl (C=O) groups excluding carboxylic acids is 2. The second kappa shape index (κ2) is 7.88. The Bertz CT molecular complexity index is 693. The van der Waals surface area contributed by atoms with Crippen molar-refractivity contribution in [3.8, 4) is 0 Å². The fraction of sp³-hybridized carbons (Fsp3) is 0.579. The van der Waals surface area contributed by atoms with Crippen LogP contribution < -0.4 is 5.32 Å². The van der Waals surface area contributed by atoms with Crippen LogP contribution in [-0.2, 0) is 20.5 Å². The molecule has 1 aromatic carbocycles. The molecule has 0 bridgehead atoms. The predicted octanol–water partition coefficient (Wildman–Crippen LogP) is 3.22. The highest BCUT2D eigenvalue weighted by Crippen LogP contribution is 2.38. The molecule has 0 heterocycles. The number of benzene rings is 1. The van der Waals surface area contributed by atoms with E-state index in [4.69, 9.17) is 4.74 Å². The lowest BCUT2D eigenvalue weighted by Crippen LogP contribution is -2.41. The van der Waals surface area contributed by atoms with E-state index in [0.717, 1.165) is 25.0 Å². The van der Waals surface area contributed by atoms with Crippen molar-refractivity contribution in [2.24, 2.45) is 11.8 Å². The van der Waals surface area contributed by atoms with E-state index in [1.54, 1.807) is 20.8 Å². The summed E-state index contributed by atoms with van der Waals surface area (Å²) in [6, 6.07) is 4.28. The van der Waals surface area contributed by atoms with Crippen LogP contribution in [0.3, 0.4) is 0 Å². The summed E-state index contributed by atoms with van der Waals surface area (Å²) in [6.07, 6.45) is -4.39. The average Bonchev–Trinajstić information content (AvgIpc) is 3.35. The molecule has 27 heavy (non-hydrogen) atoms. The van der Waals surface area contributed by atoms with E-state index in [1.807, 2.05) is 0 Å². The van der Waals surface area contributed by atoms with Gasteiger partial charge in [-0.1, -0.05) is 12.1 Å². The minimum absolute atomic E-state index is 0.0327. The zero-order chi connectivity index (χ0) is 20.4. The van der Waals surface area contributed by atoms with Crippen LogP contribution in [0.25, 0.3) is 0 Å². The number of aliphatic hydroxyl groups excluding tert-OH is 1. The van der Waals surface area contributed by atoms with Gasteiger partial charge in [-0.2, -0.15) is 13.2 Å². The lowest BCUT2D eigenvalue weighted by atomic mass is 10.0. The van der Waals surface area contributed by atoms with Gasteiger partial charge >= 0.3 is 12.1 Å². The summed E-state index contributed by atoms with van der Waals surface area (Å²) in [7, 11) is 0. The fourth-order valence-corrected chi connectivity index (χ4v) is 2.66. The van der Waals surface area contributed by atoms with Crippen LogP contribution >= 0.6 is 0 Å². The van der Waals surface area contributed by atoms with E-state index in [9.17, 15) is 27.9 Å². The Labute approximate surface area is 155 Å². The van der Waals surface area contributed by atoms with Gasteiger partial charge in [0.15, 0.2) is 0 Å². The molecule has 0 spiro atoms. The van der Waals surface area contributed by atoms with Crippen molar-refractivity contribution in [2.45, 2.75) is 51.5 Å². The van der Waals surface area contributed by atoms with E-state index in [0.29, 0.717) is 0 Å². The Morgan fingerprint density at radius 3 is 2.41 bits per heavy atom. The Morgan fingerprint density at radius 1 is 1.26 bits per heavy atom. The molecular formula is C19H24F3NO4. The molecule has 0 radical (unpaired) electrons. The van der Waals surface area contributed by atoms with Gasteiger partial charge in [0.25, 0.3) is 0 Å². The average molecular weight is 387 g/mol. The van der Waals surface area contributed by atoms with Crippen molar-refractivity contribution in [3.05, 3.63) is 35.4 Å². The van der Waals surface area contributed by atoms with Gasteiger partial charge in [0.2, 0.25) is 5.91 Å². The van der Waals surface area contributed by atoms with Gasteiger partial charge in [0.1, 0.15) is 11.5 Å². The van der Waals surface area contributed by atoms with Crippen molar-refractivity contribution < 1.29 is 32.6 Å². The van der Waals surface area contributed by atoms with Gasteiger partial charge in [0.05, 0.1) is 11.7 Å². The molecule has 2 unspecified atom stereocenters. The van der Waals surface area contributed by atoms with E-state index in [-0.39, 0.29) is 18.0 Å². The number of carbonyl (C=O) groups is 2. The summed E-state index contributed by atoms with van der Waals surface area (Å²) in [5.41, 5.74) is -1.58. The third-order valence-corrected chi connectivity index (χ3v) is 4.10. The third kappa shape index (κ3) is 6.23. The molecule has 0 aliphatic heterocycles. The normalized spacial score (nSPS) is 17.1. The quantitative estimate of drug-likeness (QED) is 0.581. The van der Waals surface area contributed by atoms with E-state index in [2.05, 4.69) is 5.32 Å². The number of halogens is 3. The highest BCUT2D eigenvalue weighted by Gasteiger charge is 2.43. The van der Waals surface area contributed by atoms with Crippen molar-refractivity contribution in [3.63, 3.8) is 0 Å². The van der Waals surface area contributed by atoms with E-state index >= 15 is 0 Å². The van der Waals surface area contributed by atoms with Crippen LogP contribution in [-0.4, -0.2) is 29.1 Å². The Hall–Kier alpha value is -2.09. The first-order chi connectivity index (χ1) is 12.4. The molecule has 2 rings (SSSR count). The standard InChI is InChI=1S/C19H24F3NO4/c1-18(2,3)27-17(26)15(11-7-8-11)16(25)23-10-14(24)12-5-4-6-13(9-12)19(20,21)22/h4-6,9,11,14-15,24H,7-8,10H2,1-3H3,(H,23,25). The number of aliphatic hydroxyl groups is 1. The number of rotatable bonds is 6. The first kappa shape index (κ1) is 21.2. The molecule has 8 heteroatoms. The topological polar surface area (TPSA) is 75.6 Å². The van der Waals surface area contributed by atoms with Gasteiger partial charge in [-0.25, -0.2) is 0 Å². The third-order valence-electron chi connectivity index (χ3n) is 4.10. The first-order valence-electron chi connectivity index (χ1n) is 8.74. The van der Waals surface area contributed by atoms with Crippen LogP contribution in [0.2, 0.25) is 0 Å². The maximum absolute atomic E-state index is 12.8. The van der Waals surface area contributed by atoms with Crippen LogP contribution in [0.15, 0.2) is 24.3 Å². The molecule has 1 amide bonds. The van der Waals surface area contributed by atoms with Crippen molar-refractivity contribution >= 4 is 11.9 Å². The molecule has 2 atom stereocenters. The molecule has 2 N–H and O–H groups in total. The Kier molecular flexibility index (Phi) is 6.19. The number of nitrogens with one attached hydrogen (secondary N) is 1. The molecule has 150 valence electrons. The first-order valence-corrected chi connectivity index (χ1v) is 8.74. The molecule has 1 aromatic rings. The number of esters is 1. The second-order valence-corrected chi connectivity index (χ2v) is 7.73. The van der Waals surface area contributed by atoms with Gasteiger partial charge in [-0.3, -0.25) is 9.59 Å². The fourth-order valence-electron chi connectivity index (χ4n) is 2.66. The van der Waals surface area contributed by atoms with Crippen molar-refractivity contribution in [1.82, 2.24) is 5.32 Å². The largest absolute Gasteiger partial charge is 0.459 e. The Balaban J connectivity index is 2.00. The highest BCUT2D eigenvalue weighted by molar-refractivity contribution is 5.98. The van der Waals surface area contributed by atoms with Crippen molar-refractivity contribution in [2.75, 3.05) is 6.54 Å². The van der Waals surface area contributed by atoms with Gasteiger partial charge in [-0.05, 0) is 57.2 Å².